The van der Waals surface area contributed by atoms with Crippen LogP contribution in [0.4, 0.5) is 4.79 Å². The number of aromatic nitrogens is 3. The van der Waals surface area contributed by atoms with Crippen LogP contribution >= 0.6 is 11.8 Å². The van der Waals surface area contributed by atoms with Gasteiger partial charge in [0, 0.05) is 19.2 Å². The standard InChI is InChI=1S/C16H21N5O2S/c1-4-8-21-14(12-7-5-6-11(2)9-12)19-20-16(21)24-10-13(22)18-15(23)17-3/h5-7,9H,4,8,10H2,1-3H3,(H2,17,18,22,23). The summed E-state index contributed by atoms with van der Waals surface area (Å²) in [6, 6.07) is 7.55. The minimum Gasteiger partial charge on any atom is -0.341 e. The quantitative estimate of drug-likeness (QED) is 0.782. The average Bonchev–Trinajstić information content (AvgIpc) is 2.96. The molecule has 2 N–H and O–H groups in total. The smallest absolute Gasteiger partial charge is 0.321 e. The fraction of sp³-hybridized carbons (Fsp3) is 0.375. The van der Waals surface area contributed by atoms with E-state index in [0.29, 0.717) is 5.16 Å². The van der Waals surface area contributed by atoms with Gasteiger partial charge in [-0.1, -0.05) is 42.4 Å². The molecule has 2 rings (SSSR count). The van der Waals surface area contributed by atoms with Crippen LogP contribution in [0.2, 0.25) is 0 Å². The third-order valence-electron chi connectivity index (χ3n) is 3.25. The third-order valence-corrected chi connectivity index (χ3v) is 4.22. The van der Waals surface area contributed by atoms with Gasteiger partial charge >= 0.3 is 6.03 Å². The van der Waals surface area contributed by atoms with Crippen LogP contribution in [-0.4, -0.2) is 39.5 Å². The molecule has 1 aromatic heterocycles. The number of nitrogens with zero attached hydrogens (tertiary/aromatic N) is 3. The number of aryl methyl sites for hydroxylation is 1. The van der Waals surface area contributed by atoms with E-state index in [1.165, 1.54) is 18.8 Å². The van der Waals surface area contributed by atoms with Crippen molar-refractivity contribution < 1.29 is 9.59 Å². The molecule has 1 heterocycles. The van der Waals surface area contributed by atoms with E-state index in [9.17, 15) is 9.59 Å². The Hall–Kier alpha value is -2.35. The number of thioether (sulfide) groups is 1. The molecule has 0 bridgehead atoms. The van der Waals surface area contributed by atoms with Crippen molar-refractivity contribution in [2.24, 2.45) is 0 Å². The maximum absolute atomic E-state index is 11.7. The molecule has 24 heavy (non-hydrogen) atoms. The number of rotatable bonds is 6. The van der Waals surface area contributed by atoms with E-state index in [-0.39, 0.29) is 11.7 Å². The van der Waals surface area contributed by atoms with Crippen molar-refractivity contribution in [3.05, 3.63) is 29.8 Å². The SMILES string of the molecule is CCCn1c(SCC(=O)NC(=O)NC)nnc1-c1cccc(C)c1. The molecule has 0 radical (unpaired) electrons. The fourth-order valence-electron chi connectivity index (χ4n) is 2.17. The van der Waals surface area contributed by atoms with Crippen molar-refractivity contribution in [2.45, 2.75) is 32.0 Å². The first-order valence-corrected chi connectivity index (χ1v) is 8.68. The first-order valence-electron chi connectivity index (χ1n) is 7.69. The van der Waals surface area contributed by atoms with E-state index >= 15 is 0 Å². The average molecular weight is 347 g/mol. The molecule has 0 unspecified atom stereocenters. The highest BCUT2D eigenvalue weighted by molar-refractivity contribution is 7.99. The van der Waals surface area contributed by atoms with Crippen LogP contribution in [0.15, 0.2) is 29.4 Å². The number of hydrogen-bond donors (Lipinski definition) is 2. The lowest BCUT2D eigenvalue weighted by molar-refractivity contribution is -0.117. The van der Waals surface area contributed by atoms with Crippen LogP contribution in [0, 0.1) is 6.92 Å². The lowest BCUT2D eigenvalue weighted by Crippen LogP contribution is -2.38. The van der Waals surface area contributed by atoms with Crippen LogP contribution < -0.4 is 10.6 Å². The topological polar surface area (TPSA) is 88.9 Å². The molecule has 3 amide bonds. The third kappa shape index (κ3) is 4.58. The van der Waals surface area contributed by atoms with Gasteiger partial charge in [0.1, 0.15) is 0 Å². The maximum Gasteiger partial charge on any atom is 0.321 e. The molecular weight excluding hydrogens is 326 g/mol. The Morgan fingerprint density at radius 3 is 2.75 bits per heavy atom. The van der Waals surface area contributed by atoms with Gasteiger partial charge in [-0.25, -0.2) is 4.79 Å². The number of imide groups is 1. The maximum atomic E-state index is 11.7. The molecule has 7 nitrogen and oxygen atoms in total. The molecular formula is C16H21N5O2S. The minimum atomic E-state index is -0.518. The van der Waals surface area contributed by atoms with Crippen LogP contribution in [0.25, 0.3) is 11.4 Å². The molecule has 0 saturated carbocycles. The van der Waals surface area contributed by atoms with Crippen LogP contribution in [0.3, 0.4) is 0 Å². The summed E-state index contributed by atoms with van der Waals surface area (Å²) >= 11 is 1.26. The highest BCUT2D eigenvalue weighted by Gasteiger charge is 2.15. The Bertz CT molecular complexity index is 729. The molecule has 0 atom stereocenters. The predicted molar refractivity (Wildman–Crippen MR) is 93.8 cm³/mol. The Balaban J connectivity index is 2.16. The van der Waals surface area contributed by atoms with Gasteiger partial charge in [0.05, 0.1) is 5.75 Å². The Morgan fingerprint density at radius 2 is 2.08 bits per heavy atom. The van der Waals surface area contributed by atoms with Gasteiger partial charge in [-0.15, -0.1) is 10.2 Å². The number of urea groups is 1. The van der Waals surface area contributed by atoms with Crippen LogP contribution in [0.5, 0.6) is 0 Å². The summed E-state index contributed by atoms with van der Waals surface area (Å²) in [7, 11) is 1.46. The molecule has 0 fully saturated rings. The highest BCUT2D eigenvalue weighted by Crippen LogP contribution is 2.24. The van der Waals surface area contributed by atoms with E-state index in [0.717, 1.165) is 29.9 Å². The number of benzene rings is 1. The van der Waals surface area contributed by atoms with Gasteiger partial charge in [-0.2, -0.15) is 0 Å². The molecule has 0 aliphatic carbocycles. The van der Waals surface area contributed by atoms with Gasteiger partial charge in [-0.05, 0) is 19.4 Å². The summed E-state index contributed by atoms with van der Waals surface area (Å²) in [5.74, 6) is 0.514. The van der Waals surface area contributed by atoms with E-state index in [1.807, 2.05) is 29.7 Å². The zero-order valence-corrected chi connectivity index (χ0v) is 14.8. The van der Waals surface area contributed by atoms with Gasteiger partial charge in [-0.3, -0.25) is 10.1 Å². The highest BCUT2D eigenvalue weighted by atomic mass is 32.2. The molecule has 0 saturated heterocycles. The number of amides is 3. The predicted octanol–water partition coefficient (Wildman–Crippen LogP) is 2.21. The molecule has 0 aliphatic rings. The van der Waals surface area contributed by atoms with Gasteiger partial charge in [0.2, 0.25) is 5.91 Å². The summed E-state index contributed by atoms with van der Waals surface area (Å²) in [5.41, 5.74) is 2.15. The summed E-state index contributed by atoms with van der Waals surface area (Å²) in [6.07, 6.45) is 0.925. The van der Waals surface area contributed by atoms with Crippen molar-refractivity contribution in [3.8, 4) is 11.4 Å². The largest absolute Gasteiger partial charge is 0.341 e. The lowest BCUT2D eigenvalue weighted by Gasteiger charge is -2.09. The van der Waals surface area contributed by atoms with E-state index < -0.39 is 6.03 Å². The van der Waals surface area contributed by atoms with E-state index in [4.69, 9.17) is 0 Å². The van der Waals surface area contributed by atoms with E-state index in [1.54, 1.807) is 0 Å². The number of hydrogen-bond acceptors (Lipinski definition) is 5. The van der Waals surface area contributed by atoms with Crippen molar-refractivity contribution in [3.63, 3.8) is 0 Å². The van der Waals surface area contributed by atoms with Gasteiger partial charge < -0.3 is 9.88 Å². The van der Waals surface area contributed by atoms with Crippen molar-refractivity contribution in [1.82, 2.24) is 25.4 Å². The van der Waals surface area contributed by atoms with Gasteiger partial charge in [0.15, 0.2) is 11.0 Å². The molecule has 1 aromatic carbocycles. The first kappa shape index (κ1) is 18.0. The van der Waals surface area contributed by atoms with Crippen molar-refractivity contribution in [2.75, 3.05) is 12.8 Å². The monoisotopic (exact) mass is 347 g/mol. The number of carbonyl (C=O) groups is 2. The molecule has 8 heteroatoms. The number of nitrogens with one attached hydrogen (secondary N) is 2. The van der Waals surface area contributed by atoms with Crippen molar-refractivity contribution >= 4 is 23.7 Å². The molecule has 0 spiro atoms. The lowest BCUT2D eigenvalue weighted by atomic mass is 10.1. The van der Waals surface area contributed by atoms with Crippen molar-refractivity contribution in [1.29, 1.82) is 0 Å². The minimum absolute atomic E-state index is 0.100. The molecule has 0 aliphatic heterocycles. The Labute approximate surface area is 145 Å². The summed E-state index contributed by atoms with van der Waals surface area (Å²) < 4.78 is 2.01. The second kappa shape index (κ2) is 8.49. The first-order chi connectivity index (χ1) is 11.5. The summed E-state index contributed by atoms with van der Waals surface area (Å²) in [4.78, 5) is 22.9. The Morgan fingerprint density at radius 1 is 1.29 bits per heavy atom. The Kier molecular flexibility index (Phi) is 6.36. The second-order valence-corrected chi connectivity index (χ2v) is 6.19. The zero-order chi connectivity index (χ0) is 17.5. The van der Waals surface area contributed by atoms with Gasteiger partial charge in [0.25, 0.3) is 0 Å². The van der Waals surface area contributed by atoms with Crippen LogP contribution in [-0.2, 0) is 11.3 Å². The van der Waals surface area contributed by atoms with Crippen LogP contribution in [0.1, 0.15) is 18.9 Å². The summed E-state index contributed by atoms with van der Waals surface area (Å²) in [6.45, 7) is 4.87. The summed E-state index contributed by atoms with van der Waals surface area (Å²) in [5, 5.41) is 13.7. The molecule has 2 aromatic rings. The normalized spacial score (nSPS) is 10.5. The zero-order valence-electron chi connectivity index (χ0n) is 14.0. The second-order valence-electron chi connectivity index (χ2n) is 5.24. The van der Waals surface area contributed by atoms with E-state index in [2.05, 4.69) is 33.8 Å². The fourth-order valence-corrected chi connectivity index (χ4v) is 2.94. The number of carbonyl (C=O) groups excluding carboxylic acids is 2. The molecule has 128 valence electrons.